The Morgan fingerprint density at radius 2 is 1.75 bits per heavy atom. The molecule has 0 radical (unpaired) electrons. The van der Waals surface area contributed by atoms with Crippen LogP contribution in [0.5, 0.6) is 0 Å². The van der Waals surface area contributed by atoms with Crippen molar-refractivity contribution in [3.05, 3.63) is 53.9 Å². The zero-order valence-corrected chi connectivity index (χ0v) is 13.2. The molecule has 4 nitrogen and oxygen atoms in total. The molecule has 0 atom stereocenters. The molecule has 2 aromatic rings. The van der Waals surface area contributed by atoms with E-state index in [-0.39, 0.29) is 11.4 Å². The van der Waals surface area contributed by atoms with E-state index in [2.05, 4.69) is 22.5 Å². The Morgan fingerprint density at radius 1 is 1.08 bits per heavy atom. The van der Waals surface area contributed by atoms with Crippen LogP contribution in [-0.4, -0.2) is 17.4 Å². The third-order valence-electron chi connectivity index (χ3n) is 3.33. The van der Waals surface area contributed by atoms with E-state index in [9.17, 15) is 18.0 Å². The number of nitrogens with one attached hydrogen (secondary N) is 2. The molecule has 0 fully saturated rings. The lowest BCUT2D eigenvalue weighted by atomic mass is 10.2. The number of halogens is 3. The quantitative estimate of drug-likeness (QED) is 0.760. The van der Waals surface area contributed by atoms with Crippen LogP contribution in [0.25, 0.3) is 0 Å². The lowest BCUT2D eigenvalue weighted by Crippen LogP contribution is -2.14. The number of nitrogens with zero attached hydrogens (tertiary/aromatic N) is 1. The van der Waals surface area contributed by atoms with Gasteiger partial charge in [-0.2, -0.15) is 13.2 Å². The normalized spacial score (nSPS) is 11.2. The number of hydrogen-bond donors (Lipinski definition) is 2. The third-order valence-corrected chi connectivity index (χ3v) is 3.33. The molecule has 2 rings (SSSR count). The molecule has 0 spiro atoms. The van der Waals surface area contributed by atoms with E-state index in [1.165, 1.54) is 12.1 Å². The first-order chi connectivity index (χ1) is 11.4. The summed E-state index contributed by atoms with van der Waals surface area (Å²) in [6.07, 6.45) is -0.730. The van der Waals surface area contributed by atoms with Crippen molar-refractivity contribution in [2.75, 3.05) is 17.2 Å². The fourth-order valence-electron chi connectivity index (χ4n) is 1.98. The number of hydrogen-bond acceptors (Lipinski definition) is 3. The van der Waals surface area contributed by atoms with Crippen molar-refractivity contribution < 1.29 is 18.0 Å². The first-order valence-corrected chi connectivity index (χ1v) is 7.58. The van der Waals surface area contributed by atoms with Crippen molar-refractivity contribution in [1.29, 1.82) is 0 Å². The summed E-state index contributed by atoms with van der Waals surface area (Å²) in [6, 6.07) is 7.56. The third kappa shape index (κ3) is 4.97. The van der Waals surface area contributed by atoms with Gasteiger partial charge in [0.05, 0.1) is 17.4 Å². The van der Waals surface area contributed by atoms with Crippen molar-refractivity contribution in [3.63, 3.8) is 0 Å². The fourth-order valence-corrected chi connectivity index (χ4v) is 1.98. The molecule has 128 valence electrons. The highest BCUT2D eigenvalue weighted by atomic mass is 19.4. The molecule has 7 heteroatoms. The van der Waals surface area contributed by atoms with Crippen LogP contribution in [-0.2, 0) is 6.18 Å². The van der Waals surface area contributed by atoms with Crippen LogP contribution in [0.1, 0.15) is 35.8 Å². The molecule has 0 bridgehead atoms. The Labute approximate surface area is 138 Å². The molecule has 1 amide bonds. The molecule has 0 aliphatic heterocycles. The Bertz CT molecular complexity index is 667. The summed E-state index contributed by atoms with van der Waals surface area (Å²) in [6.45, 7) is 2.92. The van der Waals surface area contributed by atoms with Gasteiger partial charge in [0.25, 0.3) is 5.91 Å². The second-order valence-electron chi connectivity index (χ2n) is 5.24. The van der Waals surface area contributed by atoms with Gasteiger partial charge in [-0.3, -0.25) is 4.79 Å². The van der Waals surface area contributed by atoms with Gasteiger partial charge in [0.15, 0.2) is 0 Å². The topological polar surface area (TPSA) is 54.0 Å². The summed E-state index contributed by atoms with van der Waals surface area (Å²) in [4.78, 5) is 16.1. The Morgan fingerprint density at radius 3 is 2.29 bits per heavy atom. The molecule has 0 unspecified atom stereocenters. The van der Waals surface area contributed by atoms with Crippen molar-refractivity contribution in [2.24, 2.45) is 0 Å². The number of benzene rings is 1. The van der Waals surface area contributed by atoms with Gasteiger partial charge in [0, 0.05) is 12.2 Å². The highest BCUT2D eigenvalue weighted by Crippen LogP contribution is 2.29. The van der Waals surface area contributed by atoms with Gasteiger partial charge in [-0.1, -0.05) is 13.3 Å². The average Bonchev–Trinajstić information content (AvgIpc) is 2.55. The minimum absolute atomic E-state index is 0.191. The maximum Gasteiger partial charge on any atom is 0.416 e. The molecular weight excluding hydrogens is 319 g/mol. The lowest BCUT2D eigenvalue weighted by molar-refractivity contribution is -0.137. The largest absolute Gasteiger partial charge is 0.416 e. The molecule has 2 N–H and O–H groups in total. The maximum absolute atomic E-state index is 12.5. The number of amides is 1. The minimum Gasteiger partial charge on any atom is -0.384 e. The number of aromatic nitrogens is 1. The molecule has 24 heavy (non-hydrogen) atoms. The second kappa shape index (κ2) is 7.81. The van der Waals surface area contributed by atoms with Crippen molar-refractivity contribution in [1.82, 2.24) is 4.98 Å². The zero-order valence-electron chi connectivity index (χ0n) is 13.2. The number of unbranched alkanes of at least 4 members (excludes halogenated alkanes) is 1. The van der Waals surface area contributed by atoms with E-state index in [1.807, 2.05) is 0 Å². The Kier molecular flexibility index (Phi) is 5.78. The number of anilines is 2. The highest BCUT2D eigenvalue weighted by molar-refractivity contribution is 6.02. The smallest absolute Gasteiger partial charge is 0.384 e. The predicted molar refractivity (Wildman–Crippen MR) is 87.0 cm³/mol. The van der Waals surface area contributed by atoms with E-state index in [4.69, 9.17) is 0 Å². The van der Waals surface area contributed by atoms with Gasteiger partial charge in [-0.05, 0) is 42.8 Å². The predicted octanol–water partition coefficient (Wildman–Crippen LogP) is 4.56. The minimum atomic E-state index is -4.40. The molecular formula is C17H18F3N3O. The van der Waals surface area contributed by atoms with Gasteiger partial charge in [0.1, 0.15) is 5.69 Å². The summed E-state index contributed by atoms with van der Waals surface area (Å²) in [5.41, 5.74) is 0.520. The van der Waals surface area contributed by atoms with Gasteiger partial charge >= 0.3 is 6.18 Å². The van der Waals surface area contributed by atoms with Crippen LogP contribution in [0.3, 0.4) is 0 Å². The van der Waals surface area contributed by atoms with Gasteiger partial charge in [-0.15, -0.1) is 0 Å². The Balaban J connectivity index is 1.96. The summed E-state index contributed by atoms with van der Waals surface area (Å²) >= 11 is 0. The number of carbonyl (C=O) groups excluding carboxylic acids is 1. The van der Waals surface area contributed by atoms with Crippen LogP contribution >= 0.6 is 0 Å². The summed E-state index contributed by atoms with van der Waals surface area (Å²) < 4.78 is 37.5. The first-order valence-electron chi connectivity index (χ1n) is 7.58. The zero-order chi connectivity index (χ0) is 17.6. The van der Waals surface area contributed by atoms with Gasteiger partial charge in [0.2, 0.25) is 0 Å². The highest BCUT2D eigenvalue weighted by Gasteiger charge is 2.30. The molecule has 0 saturated heterocycles. The van der Waals surface area contributed by atoms with E-state index in [0.29, 0.717) is 0 Å². The molecule has 0 aliphatic rings. The van der Waals surface area contributed by atoms with Crippen LogP contribution in [0.4, 0.5) is 24.5 Å². The summed E-state index contributed by atoms with van der Waals surface area (Å²) in [5, 5.41) is 5.70. The molecule has 1 heterocycles. The van der Waals surface area contributed by atoms with Crippen LogP contribution < -0.4 is 10.6 Å². The number of pyridine rings is 1. The van der Waals surface area contributed by atoms with E-state index in [0.717, 1.165) is 37.2 Å². The maximum atomic E-state index is 12.5. The van der Waals surface area contributed by atoms with Crippen LogP contribution in [0.15, 0.2) is 42.6 Å². The molecule has 0 aliphatic carbocycles. The number of carbonyl (C=O) groups is 1. The van der Waals surface area contributed by atoms with E-state index in [1.54, 1.807) is 18.3 Å². The van der Waals surface area contributed by atoms with E-state index >= 15 is 0 Å². The molecule has 1 aromatic carbocycles. The van der Waals surface area contributed by atoms with Crippen molar-refractivity contribution in [3.8, 4) is 0 Å². The summed E-state index contributed by atoms with van der Waals surface area (Å²) in [5.74, 6) is -0.477. The SMILES string of the molecule is CCCCNc1ccc(C(=O)Nc2ccc(C(F)(F)F)cc2)nc1. The van der Waals surface area contributed by atoms with Crippen LogP contribution in [0.2, 0.25) is 0 Å². The average molecular weight is 337 g/mol. The Hall–Kier alpha value is -2.57. The van der Waals surface area contributed by atoms with Crippen molar-refractivity contribution >= 4 is 17.3 Å². The van der Waals surface area contributed by atoms with Gasteiger partial charge in [-0.25, -0.2) is 4.98 Å². The first kappa shape index (κ1) is 17.8. The van der Waals surface area contributed by atoms with E-state index < -0.39 is 17.6 Å². The molecule has 1 aromatic heterocycles. The van der Waals surface area contributed by atoms with Crippen LogP contribution in [0, 0.1) is 0 Å². The lowest BCUT2D eigenvalue weighted by Gasteiger charge is -2.09. The monoisotopic (exact) mass is 337 g/mol. The standard InChI is InChI=1S/C17H18F3N3O/c1-2-3-10-21-14-8-9-15(22-11-14)16(24)23-13-6-4-12(5-7-13)17(18,19)20/h4-9,11,21H,2-3,10H2,1H3,(H,23,24). The second-order valence-corrected chi connectivity index (χ2v) is 5.24. The molecule has 0 saturated carbocycles. The van der Waals surface area contributed by atoms with Crippen molar-refractivity contribution in [2.45, 2.75) is 25.9 Å². The van der Waals surface area contributed by atoms with Gasteiger partial charge < -0.3 is 10.6 Å². The number of rotatable bonds is 6. The fraction of sp³-hybridized carbons (Fsp3) is 0.294. The summed E-state index contributed by atoms with van der Waals surface area (Å²) in [7, 11) is 0. The number of alkyl halides is 3.